The molecule has 2 N–H and O–H groups in total. The molecule has 2 atom stereocenters. The molecule has 1 heterocycles. The van der Waals surface area contributed by atoms with Crippen molar-refractivity contribution in [2.75, 3.05) is 5.32 Å². The Bertz CT molecular complexity index is 491. The van der Waals surface area contributed by atoms with Gasteiger partial charge in [0.25, 0.3) is 0 Å². The summed E-state index contributed by atoms with van der Waals surface area (Å²) in [5, 5.41) is 22.8. The molecule has 1 aliphatic carbocycles. The summed E-state index contributed by atoms with van der Waals surface area (Å²) in [5.41, 5.74) is -0.189. The number of hydrogen-bond acceptors (Lipinski definition) is 6. The summed E-state index contributed by atoms with van der Waals surface area (Å²) >= 11 is 0. The first kappa shape index (κ1) is 14.2. The molecule has 8 heteroatoms. The molecule has 2 unspecified atom stereocenters. The lowest BCUT2D eigenvalue weighted by Gasteiger charge is -2.22. The van der Waals surface area contributed by atoms with Gasteiger partial charge in [-0.25, -0.2) is 9.97 Å². The monoisotopic (exact) mass is 280 g/mol. The van der Waals surface area contributed by atoms with Gasteiger partial charge < -0.3 is 10.4 Å². The van der Waals surface area contributed by atoms with Crippen molar-refractivity contribution in [3.05, 3.63) is 22.5 Å². The molecule has 0 spiro atoms. The molecule has 0 saturated heterocycles. The molecule has 8 nitrogen and oxygen atoms in total. The zero-order valence-corrected chi connectivity index (χ0v) is 10.9. The van der Waals surface area contributed by atoms with Crippen LogP contribution in [0.3, 0.4) is 0 Å². The molecule has 20 heavy (non-hydrogen) atoms. The summed E-state index contributed by atoms with van der Waals surface area (Å²) in [6.45, 7) is 0. The summed E-state index contributed by atoms with van der Waals surface area (Å²) in [5.74, 6) is -1.07. The lowest BCUT2D eigenvalue weighted by Crippen LogP contribution is -2.34. The van der Waals surface area contributed by atoms with Crippen LogP contribution in [0.5, 0.6) is 0 Å². The van der Waals surface area contributed by atoms with Crippen LogP contribution in [-0.4, -0.2) is 32.0 Å². The Morgan fingerprint density at radius 1 is 1.30 bits per heavy atom. The summed E-state index contributed by atoms with van der Waals surface area (Å²) in [6.07, 6.45) is 6.45. The fourth-order valence-electron chi connectivity index (χ4n) is 2.43. The molecule has 0 aromatic carbocycles. The Morgan fingerprint density at radius 2 is 1.95 bits per heavy atom. The molecule has 0 amide bonds. The van der Waals surface area contributed by atoms with Gasteiger partial charge in [0.15, 0.2) is 0 Å². The van der Waals surface area contributed by atoms with Crippen molar-refractivity contribution >= 4 is 17.6 Å². The first-order valence-corrected chi connectivity index (χ1v) is 6.53. The number of anilines is 1. The van der Waals surface area contributed by atoms with E-state index in [-0.39, 0.29) is 17.7 Å². The van der Waals surface area contributed by atoms with Crippen molar-refractivity contribution in [3.8, 4) is 0 Å². The maximum absolute atomic E-state index is 11.3. The van der Waals surface area contributed by atoms with Crippen LogP contribution in [0, 0.1) is 16.0 Å². The molecule has 1 saturated carbocycles. The minimum absolute atomic E-state index is 0.189. The number of aliphatic carboxylic acids is 1. The van der Waals surface area contributed by atoms with Crippen molar-refractivity contribution in [3.63, 3.8) is 0 Å². The molecule has 1 aliphatic rings. The Hall–Kier alpha value is -2.25. The molecule has 1 aromatic heterocycles. The van der Waals surface area contributed by atoms with Crippen LogP contribution in [0.4, 0.5) is 11.6 Å². The van der Waals surface area contributed by atoms with Crippen LogP contribution in [0.25, 0.3) is 0 Å². The Labute approximate surface area is 115 Å². The normalized spacial score (nSPS) is 22.8. The number of carboxylic acid groups (broad SMARTS) is 1. The highest BCUT2D eigenvalue weighted by Gasteiger charge is 2.30. The predicted molar refractivity (Wildman–Crippen MR) is 70.3 cm³/mol. The van der Waals surface area contributed by atoms with Gasteiger partial charge in [0, 0.05) is 6.04 Å². The molecule has 0 aliphatic heterocycles. The molecule has 0 radical (unpaired) electrons. The summed E-state index contributed by atoms with van der Waals surface area (Å²) in [6, 6.07) is -0.239. The van der Waals surface area contributed by atoms with Gasteiger partial charge in [-0.15, -0.1) is 0 Å². The van der Waals surface area contributed by atoms with E-state index >= 15 is 0 Å². The van der Waals surface area contributed by atoms with Crippen LogP contribution in [0.1, 0.15) is 32.1 Å². The average Bonchev–Trinajstić information content (AvgIpc) is 2.65. The lowest BCUT2D eigenvalue weighted by atomic mass is 9.95. The highest BCUT2D eigenvalue weighted by Crippen LogP contribution is 2.26. The van der Waals surface area contributed by atoms with Gasteiger partial charge in [-0.2, -0.15) is 0 Å². The van der Waals surface area contributed by atoms with Crippen molar-refractivity contribution in [2.24, 2.45) is 5.92 Å². The molecule has 108 valence electrons. The molecule has 1 aromatic rings. The van der Waals surface area contributed by atoms with Crippen LogP contribution in [0.2, 0.25) is 0 Å². The van der Waals surface area contributed by atoms with E-state index in [1.165, 1.54) is 0 Å². The first-order valence-electron chi connectivity index (χ1n) is 6.53. The van der Waals surface area contributed by atoms with E-state index in [1.807, 2.05) is 0 Å². The average molecular weight is 280 g/mol. The topological polar surface area (TPSA) is 118 Å². The minimum atomic E-state index is -0.827. The SMILES string of the molecule is O=C(O)C1CCCCCC1Nc1ncc([N+](=O)[O-])cn1. The van der Waals surface area contributed by atoms with E-state index in [1.54, 1.807) is 0 Å². The predicted octanol–water partition coefficient (Wildman–Crippen LogP) is 1.83. The minimum Gasteiger partial charge on any atom is -0.481 e. The van der Waals surface area contributed by atoms with Gasteiger partial charge in [-0.3, -0.25) is 14.9 Å². The van der Waals surface area contributed by atoms with Gasteiger partial charge in [-0.1, -0.05) is 19.3 Å². The van der Waals surface area contributed by atoms with Gasteiger partial charge in [0.1, 0.15) is 12.4 Å². The fourth-order valence-corrected chi connectivity index (χ4v) is 2.43. The molecule has 2 rings (SSSR count). The zero-order chi connectivity index (χ0) is 14.5. The van der Waals surface area contributed by atoms with Gasteiger partial charge in [-0.05, 0) is 12.8 Å². The van der Waals surface area contributed by atoms with E-state index in [0.29, 0.717) is 6.42 Å². The third-order valence-electron chi connectivity index (χ3n) is 3.50. The van der Waals surface area contributed by atoms with Crippen molar-refractivity contribution in [1.29, 1.82) is 0 Å². The first-order chi connectivity index (χ1) is 9.58. The van der Waals surface area contributed by atoms with E-state index in [2.05, 4.69) is 15.3 Å². The van der Waals surface area contributed by atoms with E-state index in [9.17, 15) is 20.0 Å². The maximum atomic E-state index is 11.3. The van der Waals surface area contributed by atoms with E-state index in [0.717, 1.165) is 38.1 Å². The quantitative estimate of drug-likeness (QED) is 0.490. The number of hydrogen-bond donors (Lipinski definition) is 2. The van der Waals surface area contributed by atoms with Gasteiger partial charge in [0.2, 0.25) is 5.95 Å². The molecular weight excluding hydrogens is 264 g/mol. The Kier molecular flexibility index (Phi) is 4.44. The number of nitrogens with one attached hydrogen (secondary N) is 1. The highest BCUT2D eigenvalue weighted by atomic mass is 16.6. The molecular formula is C12H16N4O4. The standard InChI is InChI=1S/C12H16N4O4/c17-11(18)9-4-2-1-3-5-10(9)15-12-13-6-8(7-14-12)16(19)20/h6-7,9-10H,1-5H2,(H,17,18)(H,13,14,15). The number of nitro groups is 1. The van der Waals surface area contributed by atoms with E-state index < -0.39 is 16.8 Å². The van der Waals surface area contributed by atoms with Crippen LogP contribution in [-0.2, 0) is 4.79 Å². The molecule has 0 bridgehead atoms. The largest absolute Gasteiger partial charge is 0.481 e. The second kappa shape index (κ2) is 6.27. The third kappa shape index (κ3) is 3.40. The van der Waals surface area contributed by atoms with Crippen LogP contribution < -0.4 is 5.32 Å². The second-order valence-corrected chi connectivity index (χ2v) is 4.86. The van der Waals surface area contributed by atoms with Crippen LogP contribution in [0.15, 0.2) is 12.4 Å². The third-order valence-corrected chi connectivity index (χ3v) is 3.50. The van der Waals surface area contributed by atoms with Crippen molar-refractivity contribution in [2.45, 2.75) is 38.1 Å². The highest BCUT2D eigenvalue weighted by molar-refractivity contribution is 5.71. The van der Waals surface area contributed by atoms with Crippen molar-refractivity contribution < 1.29 is 14.8 Å². The number of carboxylic acids is 1. The van der Waals surface area contributed by atoms with E-state index in [4.69, 9.17) is 0 Å². The lowest BCUT2D eigenvalue weighted by molar-refractivity contribution is -0.385. The van der Waals surface area contributed by atoms with Gasteiger partial charge in [0.05, 0.1) is 10.8 Å². The number of aromatic nitrogens is 2. The maximum Gasteiger partial charge on any atom is 0.308 e. The van der Waals surface area contributed by atoms with Gasteiger partial charge >= 0.3 is 11.7 Å². The number of rotatable bonds is 4. The summed E-state index contributed by atoms with van der Waals surface area (Å²) < 4.78 is 0. The van der Waals surface area contributed by atoms with Crippen molar-refractivity contribution in [1.82, 2.24) is 9.97 Å². The summed E-state index contributed by atoms with van der Waals surface area (Å²) in [4.78, 5) is 28.9. The Morgan fingerprint density at radius 3 is 2.55 bits per heavy atom. The fraction of sp³-hybridized carbons (Fsp3) is 0.583. The second-order valence-electron chi connectivity index (χ2n) is 4.86. The molecule has 1 fully saturated rings. The Balaban J connectivity index is 2.09. The van der Waals surface area contributed by atoms with Crippen LogP contribution >= 0.6 is 0 Å². The zero-order valence-electron chi connectivity index (χ0n) is 10.9. The summed E-state index contributed by atoms with van der Waals surface area (Å²) in [7, 11) is 0. The number of nitrogens with zero attached hydrogens (tertiary/aromatic N) is 3. The smallest absolute Gasteiger partial charge is 0.308 e. The number of carbonyl (C=O) groups is 1.